The molecule has 0 aliphatic heterocycles. The number of aliphatic hydroxyl groups excluding tert-OH is 1. The van der Waals surface area contributed by atoms with Gasteiger partial charge in [0.1, 0.15) is 11.6 Å². The molecule has 0 saturated carbocycles. The molecule has 0 unspecified atom stereocenters. The van der Waals surface area contributed by atoms with Gasteiger partial charge in [-0.15, -0.1) is 0 Å². The largest absolute Gasteiger partial charge is 0.387 e. The number of nitrogens with one attached hydrogen (secondary N) is 1. The maximum atomic E-state index is 13.4. The maximum absolute atomic E-state index is 13.4. The molecule has 2 rings (SSSR count). The summed E-state index contributed by atoms with van der Waals surface area (Å²) in [4.78, 5) is -1.04. The van der Waals surface area contributed by atoms with Gasteiger partial charge in [-0.2, -0.15) is 11.3 Å². The Morgan fingerprint density at radius 2 is 1.90 bits per heavy atom. The second kappa shape index (κ2) is 5.96. The monoisotopic (exact) mass is 319 g/mol. The van der Waals surface area contributed by atoms with E-state index in [1.807, 2.05) is 4.72 Å². The van der Waals surface area contributed by atoms with Gasteiger partial charge < -0.3 is 5.11 Å². The van der Waals surface area contributed by atoms with Gasteiger partial charge in [-0.1, -0.05) is 6.07 Å². The summed E-state index contributed by atoms with van der Waals surface area (Å²) in [5.74, 6) is -2.36. The number of benzene rings is 1. The third kappa shape index (κ3) is 3.21. The quantitative estimate of drug-likeness (QED) is 0.886. The first-order chi connectivity index (χ1) is 9.42. The number of rotatable bonds is 5. The van der Waals surface area contributed by atoms with E-state index in [1.54, 1.807) is 16.8 Å². The summed E-state index contributed by atoms with van der Waals surface area (Å²) in [6.45, 7) is -0.368. The molecular weight excluding hydrogens is 308 g/mol. The third-order valence-electron chi connectivity index (χ3n) is 2.58. The molecule has 1 atom stereocenters. The Labute approximate surface area is 118 Å². The van der Waals surface area contributed by atoms with Crippen LogP contribution < -0.4 is 4.72 Å². The molecule has 0 saturated heterocycles. The molecular formula is C12H11F2NO3S2. The molecule has 1 aromatic heterocycles. The molecule has 8 heteroatoms. The fourth-order valence-electron chi connectivity index (χ4n) is 1.58. The Kier molecular flexibility index (Phi) is 4.48. The highest BCUT2D eigenvalue weighted by Crippen LogP contribution is 2.20. The van der Waals surface area contributed by atoms with Crippen molar-refractivity contribution in [3.05, 3.63) is 52.2 Å². The van der Waals surface area contributed by atoms with Crippen LogP contribution in [0.15, 0.2) is 39.9 Å². The van der Waals surface area contributed by atoms with Crippen LogP contribution in [0.2, 0.25) is 0 Å². The Morgan fingerprint density at radius 3 is 2.45 bits per heavy atom. The molecule has 0 bridgehead atoms. The lowest BCUT2D eigenvalue weighted by molar-refractivity contribution is 0.182. The molecule has 0 radical (unpaired) electrons. The minimum Gasteiger partial charge on any atom is -0.387 e. The van der Waals surface area contributed by atoms with Gasteiger partial charge in [-0.05, 0) is 34.5 Å². The van der Waals surface area contributed by atoms with E-state index in [2.05, 4.69) is 0 Å². The molecule has 0 amide bonds. The van der Waals surface area contributed by atoms with Crippen LogP contribution in [-0.2, 0) is 10.0 Å². The topological polar surface area (TPSA) is 66.4 Å². The van der Waals surface area contributed by atoms with Crippen LogP contribution in [0.1, 0.15) is 11.7 Å². The molecule has 1 aromatic carbocycles. The van der Waals surface area contributed by atoms with E-state index < -0.39 is 32.7 Å². The van der Waals surface area contributed by atoms with E-state index in [0.717, 1.165) is 18.2 Å². The number of halogens is 2. The SMILES string of the molecule is O=S(=O)(NC[C@H](O)c1ccsc1)c1c(F)cccc1F. The van der Waals surface area contributed by atoms with Crippen molar-refractivity contribution >= 4 is 21.4 Å². The van der Waals surface area contributed by atoms with E-state index in [0.29, 0.717) is 5.56 Å². The summed E-state index contributed by atoms with van der Waals surface area (Å²) in [6, 6.07) is 4.41. The van der Waals surface area contributed by atoms with E-state index >= 15 is 0 Å². The Bertz CT molecular complexity index is 666. The van der Waals surface area contributed by atoms with Gasteiger partial charge in [-0.3, -0.25) is 0 Å². The fraction of sp³-hybridized carbons (Fsp3) is 0.167. The molecule has 2 aromatic rings. The zero-order valence-corrected chi connectivity index (χ0v) is 11.7. The highest BCUT2D eigenvalue weighted by atomic mass is 32.2. The van der Waals surface area contributed by atoms with Crippen molar-refractivity contribution in [2.45, 2.75) is 11.0 Å². The summed E-state index contributed by atoms with van der Waals surface area (Å²) < 4.78 is 52.5. The number of hydrogen-bond donors (Lipinski definition) is 2. The highest BCUT2D eigenvalue weighted by Gasteiger charge is 2.24. The van der Waals surface area contributed by atoms with Crippen molar-refractivity contribution in [1.82, 2.24) is 4.72 Å². The average molecular weight is 319 g/mol. The molecule has 1 heterocycles. The standard InChI is InChI=1S/C12H11F2NO3S2/c13-9-2-1-3-10(14)12(9)20(17,18)15-6-11(16)8-4-5-19-7-8/h1-5,7,11,15-16H,6H2/t11-/m0/s1. The Hall–Kier alpha value is -1.35. The average Bonchev–Trinajstić information content (AvgIpc) is 2.89. The van der Waals surface area contributed by atoms with Crippen molar-refractivity contribution in [1.29, 1.82) is 0 Å². The van der Waals surface area contributed by atoms with Gasteiger partial charge in [0.05, 0.1) is 6.10 Å². The van der Waals surface area contributed by atoms with E-state index in [4.69, 9.17) is 0 Å². The van der Waals surface area contributed by atoms with Crippen LogP contribution in [0.4, 0.5) is 8.78 Å². The first kappa shape index (κ1) is 15.0. The summed E-state index contributed by atoms with van der Waals surface area (Å²) in [5.41, 5.74) is 0.534. The zero-order chi connectivity index (χ0) is 14.8. The van der Waals surface area contributed by atoms with Gasteiger partial charge in [0, 0.05) is 6.54 Å². The smallest absolute Gasteiger partial charge is 0.246 e. The van der Waals surface area contributed by atoms with Crippen LogP contribution >= 0.6 is 11.3 Å². The second-order valence-corrected chi connectivity index (χ2v) is 6.46. The lowest BCUT2D eigenvalue weighted by atomic mass is 10.2. The highest BCUT2D eigenvalue weighted by molar-refractivity contribution is 7.89. The van der Waals surface area contributed by atoms with Gasteiger partial charge >= 0.3 is 0 Å². The minimum absolute atomic E-state index is 0.368. The van der Waals surface area contributed by atoms with Crippen LogP contribution in [0.3, 0.4) is 0 Å². The van der Waals surface area contributed by atoms with Gasteiger partial charge in [0.25, 0.3) is 0 Å². The number of thiophene rings is 1. The van der Waals surface area contributed by atoms with E-state index in [1.165, 1.54) is 11.3 Å². The van der Waals surface area contributed by atoms with Crippen LogP contribution in [0.5, 0.6) is 0 Å². The van der Waals surface area contributed by atoms with Gasteiger partial charge in [0.15, 0.2) is 4.90 Å². The van der Waals surface area contributed by atoms with Crippen LogP contribution in [-0.4, -0.2) is 20.1 Å². The molecule has 0 aliphatic carbocycles. The predicted octanol–water partition coefficient (Wildman–Crippen LogP) is 2.04. The van der Waals surface area contributed by atoms with E-state index in [9.17, 15) is 22.3 Å². The molecule has 108 valence electrons. The second-order valence-electron chi connectivity index (χ2n) is 3.98. The van der Waals surface area contributed by atoms with Crippen molar-refractivity contribution in [3.63, 3.8) is 0 Å². The summed E-state index contributed by atoms with van der Waals surface area (Å²) in [7, 11) is -4.36. The molecule has 0 spiro atoms. The molecule has 0 aliphatic rings. The lowest BCUT2D eigenvalue weighted by Crippen LogP contribution is -2.29. The number of hydrogen-bond acceptors (Lipinski definition) is 4. The first-order valence-electron chi connectivity index (χ1n) is 5.55. The van der Waals surface area contributed by atoms with Gasteiger partial charge in [0.2, 0.25) is 10.0 Å². The Morgan fingerprint density at radius 1 is 1.25 bits per heavy atom. The predicted molar refractivity (Wildman–Crippen MR) is 70.8 cm³/mol. The zero-order valence-electron chi connectivity index (χ0n) is 10.1. The third-order valence-corrected chi connectivity index (χ3v) is 4.76. The number of aliphatic hydroxyl groups is 1. The van der Waals surface area contributed by atoms with Crippen LogP contribution in [0, 0.1) is 11.6 Å². The molecule has 20 heavy (non-hydrogen) atoms. The Balaban J connectivity index is 2.16. The van der Waals surface area contributed by atoms with Crippen molar-refractivity contribution < 1.29 is 22.3 Å². The molecule has 2 N–H and O–H groups in total. The normalized spacial score (nSPS) is 13.3. The summed E-state index contributed by atoms with van der Waals surface area (Å²) >= 11 is 1.35. The fourth-order valence-corrected chi connectivity index (χ4v) is 3.46. The van der Waals surface area contributed by atoms with Crippen molar-refractivity contribution in [2.75, 3.05) is 6.54 Å². The van der Waals surface area contributed by atoms with Gasteiger partial charge in [-0.25, -0.2) is 21.9 Å². The lowest BCUT2D eigenvalue weighted by Gasteiger charge is -2.12. The van der Waals surface area contributed by atoms with E-state index in [-0.39, 0.29) is 6.54 Å². The number of sulfonamides is 1. The summed E-state index contributed by atoms with van der Waals surface area (Å²) in [5, 5.41) is 13.1. The minimum atomic E-state index is -4.36. The molecule has 0 fully saturated rings. The van der Waals surface area contributed by atoms with Crippen molar-refractivity contribution in [3.8, 4) is 0 Å². The maximum Gasteiger partial charge on any atom is 0.246 e. The first-order valence-corrected chi connectivity index (χ1v) is 7.98. The summed E-state index contributed by atoms with van der Waals surface area (Å²) in [6.07, 6.45) is -1.08. The van der Waals surface area contributed by atoms with Crippen molar-refractivity contribution in [2.24, 2.45) is 0 Å². The molecule has 4 nitrogen and oxygen atoms in total. The van der Waals surface area contributed by atoms with Crippen LogP contribution in [0.25, 0.3) is 0 Å².